The Balaban J connectivity index is 1.44. The smallest absolute Gasteiger partial charge is 0.257 e. The standard InChI is InChI=1S/C26H30FN5O2/c1-16-10-17(12-18(28)11-16)20-6-7-29-15-24(20)31-26(33)21-4-5-23(27)22-13-19(14-30-25(21)22)32-8-2-3-9-34-32/h4-7,13-18H,2-3,8-12,28H2,1H3,(H,31,33)/t16-,17+,18-/m0/s1. The Hall–Kier alpha value is -3.10. The van der Waals surface area contributed by atoms with Crippen molar-refractivity contribution in [2.45, 2.75) is 51.0 Å². The first-order valence-electron chi connectivity index (χ1n) is 12.0. The van der Waals surface area contributed by atoms with Crippen molar-refractivity contribution < 1.29 is 14.0 Å². The minimum Gasteiger partial charge on any atom is -0.328 e. The lowest BCUT2D eigenvalue weighted by molar-refractivity contribution is 0.0777. The second kappa shape index (κ2) is 9.64. The summed E-state index contributed by atoms with van der Waals surface area (Å²) < 4.78 is 14.7. The van der Waals surface area contributed by atoms with Crippen LogP contribution in [-0.2, 0) is 4.84 Å². The van der Waals surface area contributed by atoms with E-state index < -0.39 is 5.82 Å². The van der Waals surface area contributed by atoms with E-state index in [2.05, 4.69) is 22.2 Å². The van der Waals surface area contributed by atoms with E-state index in [1.165, 1.54) is 12.1 Å². The van der Waals surface area contributed by atoms with Gasteiger partial charge in [-0.15, -0.1) is 0 Å². The first-order chi connectivity index (χ1) is 16.5. The number of carbonyl (C=O) groups is 1. The van der Waals surface area contributed by atoms with Crippen LogP contribution >= 0.6 is 0 Å². The van der Waals surface area contributed by atoms with Crippen LogP contribution in [0.1, 0.15) is 60.9 Å². The van der Waals surface area contributed by atoms with E-state index in [1.807, 2.05) is 6.07 Å². The zero-order valence-electron chi connectivity index (χ0n) is 19.3. The molecule has 1 saturated carbocycles. The number of hydroxylamine groups is 1. The van der Waals surface area contributed by atoms with Gasteiger partial charge in [0.25, 0.3) is 5.91 Å². The first kappa shape index (κ1) is 22.7. The molecule has 1 saturated heterocycles. The fourth-order valence-electron chi connectivity index (χ4n) is 5.26. The molecular formula is C26H30FN5O2. The lowest BCUT2D eigenvalue weighted by Gasteiger charge is -2.32. The molecule has 0 radical (unpaired) electrons. The number of amides is 1. The highest BCUT2D eigenvalue weighted by atomic mass is 19.1. The molecule has 3 N–H and O–H groups in total. The summed E-state index contributed by atoms with van der Waals surface area (Å²) in [7, 11) is 0. The van der Waals surface area contributed by atoms with Gasteiger partial charge in [-0.3, -0.25) is 24.7 Å². The SMILES string of the molecule is C[C@@H]1C[C@H](N)C[C@H](c2ccncc2NC(=O)c2ccc(F)c3cc(N4CCCCO4)cnc23)C1. The number of nitrogens with one attached hydrogen (secondary N) is 1. The summed E-state index contributed by atoms with van der Waals surface area (Å²) >= 11 is 0. The number of hydrogen-bond acceptors (Lipinski definition) is 6. The molecule has 0 spiro atoms. The lowest BCUT2D eigenvalue weighted by Crippen LogP contribution is -2.31. The number of rotatable bonds is 4. The molecule has 3 heterocycles. The van der Waals surface area contributed by atoms with Crippen molar-refractivity contribution in [2.24, 2.45) is 11.7 Å². The number of pyridine rings is 2. The van der Waals surface area contributed by atoms with Crippen LogP contribution in [0.2, 0.25) is 0 Å². The van der Waals surface area contributed by atoms with Crippen molar-refractivity contribution in [3.63, 3.8) is 0 Å². The van der Waals surface area contributed by atoms with Gasteiger partial charge in [0.2, 0.25) is 0 Å². The molecule has 8 heteroatoms. The second-order valence-corrected chi connectivity index (χ2v) is 9.51. The van der Waals surface area contributed by atoms with Crippen LogP contribution in [0.3, 0.4) is 0 Å². The lowest BCUT2D eigenvalue weighted by atomic mass is 9.76. The first-order valence-corrected chi connectivity index (χ1v) is 12.0. The molecular weight excluding hydrogens is 433 g/mol. The zero-order chi connectivity index (χ0) is 23.7. The third-order valence-corrected chi connectivity index (χ3v) is 6.84. The summed E-state index contributed by atoms with van der Waals surface area (Å²) in [5.74, 6) is 0.00747. The number of nitrogens with two attached hydrogens (primary N) is 1. The van der Waals surface area contributed by atoms with E-state index in [1.54, 1.807) is 29.7 Å². The molecule has 7 nitrogen and oxygen atoms in total. The van der Waals surface area contributed by atoms with Crippen molar-refractivity contribution in [1.82, 2.24) is 9.97 Å². The van der Waals surface area contributed by atoms with Crippen LogP contribution in [0.15, 0.2) is 42.9 Å². The van der Waals surface area contributed by atoms with Crippen LogP contribution in [0.5, 0.6) is 0 Å². The van der Waals surface area contributed by atoms with Gasteiger partial charge < -0.3 is 11.1 Å². The Morgan fingerprint density at radius 3 is 2.88 bits per heavy atom. The average molecular weight is 464 g/mol. The number of anilines is 2. The number of aromatic nitrogens is 2. The Morgan fingerprint density at radius 2 is 2.09 bits per heavy atom. The number of carbonyl (C=O) groups excluding carboxylic acids is 1. The maximum Gasteiger partial charge on any atom is 0.257 e. The van der Waals surface area contributed by atoms with E-state index >= 15 is 0 Å². The summed E-state index contributed by atoms with van der Waals surface area (Å²) in [5, 5.41) is 5.03. The Labute approximate surface area is 198 Å². The van der Waals surface area contributed by atoms with Gasteiger partial charge >= 0.3 is 0 Å². The van der Waals surface area contributed by atoms with Crippen molar-refractivity contribution in [3.8, 4) is 0 Å². The maximum atomic E-state index is 14.7. The molecule has 2 fully saturated rings. The van der Waals surface area contributed by atoms with Gasteiger partial charge in [0, 0.05) is 24.2 Å². The van der Waals surface area contributed by atoms with Crippen molar-refractivity contribution in [1.29, 1.82) is 0 Å². The maximum absolute atomic E-state index is 14.7. The third kappa shape index (κ3) is 4.60. The molecule has 2 aliphatic rings. The van der Waals surface area contributed by atoms with Gasteiger partial charge in [0.05, 0.1) is 41.5 Å². The minimum absolute atomic E-state index is 0.147. The summed E-state index contributed by atoms with van der Waals surface area (Å²) in [4.78, 5) is 27.7. The van der Waals surface area contributed by atoms with Crippen LogP contribution in [-0.4, -0.2) is 35.1 Å². The van der Waals surface area contributed by atoms with Crippen LogP contribution in [0.4, 0.5) is 15.8 Å². The van der Waals surface area contributed by atoms with Gasteiger partial charge in [-0.1, -0.05) is 6.92 Å². The normalized spacial score (nSPS) is 23.1. The Kier molecular flexibility index (Phi) is 6.43. The second-order valence-electron chi connectivity index (χ2n) is 9.51. The van der Waals surface area contributed by atoms with E-state index in [9.17, 15) is 9.18 Å². The monoisotopic (exact) mass is 463 g/mol. The number of nitrogens with zero attached hydrogens (tertiary/aromatic N) is 3. The van der Waals surface area contributed by atoms with Crippen molar-refractivity contribution >= 4 is 28.2 Å². The molecule has 0 bridgehead atoms. The number of hydrogen-bond donors (Lipinski definition) is 2. The van der Waals surface area contributed by atoms with Crippen molar-refractivity contribution in [3.05, 3.63) is 59.8 Å². The Morgan fingerprint density at radius 1 is 1.21 bits per heavy atom. The molecule has 0 unspecified atom stereocenters. The summed E-state index contributed by atoms with van der Waals surface area (Å²) in [6, 6.07) is 6.59. The molecule has 3 aromatic rings. The fraction of sp³-hybridized carbons (Fsp3) is 0.423. The molecule has 3 atom stereocenters. The number of benzene rings is 1. The van der Waals surface area contributed by atoms with Crippen LogP contribution in [0, 0.1) is 11.7 Å². The average Bonchev–Trinajstić information content (AvgIpc) is 2.84. The van der Waals surface area contributed by atoms with Gasteiger partial charge in [-0.25, -0.2) is 4.39 Å². The molecule has 2 aromatic heterocycles. The van der Waals surface area contributed by atoms with Crippen LogP contribution in [0.25, 0.3) is 10.9 Å². The van der Waals surface area contributed by atoms with E-state index in [-0.39, 0.29) is 23.3 Å². The molecule has 1 aliphatic carbocycles. The molecule has 1 amide bonds. The molecule has 34 heavy (non-hydrogen) atoms. The van der Waals surface area contributed by atoms with Gasteiger partial charge in [-0.2, -0.15) is 0 Å². The van der Waals surface area contributed by atoms with E-state index in [0.29, 0.717) is 35.0 Å². The summed E-state index contributed by atoms with van der Waals surface area (Å²) in [6.45, 7) is 3.56. The molecule has 5 rings (SSSR count). The minimum atomic E-state index is -0.426. The fourth-order valence-corrected chi connectivity index (χ4v) is 5.26. The van der Waals surface area contributed by atoms with E-state index in [4.69, 9.17) is 10.6 Å². The predicted octanol–water partition coefficient (Wildman–Crippen LogP) is 4.78. The molecule has 178 valence electrons. The summed E-state index contributed by atoms with van der Waals surface area (Å²) in [5.41, 5.74) is 9.29. The predicted molar refractivity (Wildman–Crippen MR) is 130 cm³/mol. The number of fused-ring (bicyclic) bond motifs is 1. The largest absolute Gasteiger partial charge is 0.328 e. The van der Waals surface area contributed by atoms with Crippen molar-refractivity contribution in [2.75, 3.05) is 23.5 Å². The third-order valence-electron chi connectivity index (χ3n) is 6.84. The van der Waals surface area contributed by atoms with Crippen LogP contribution < -0.4 is 16.1 Å². The molecule has 1 aromatic carbocycles. The van der Waals surface area contributed by atoms with Gasteiger partial charge in [-0.05, 0) is 73.8 Å². The van der Waals surface area contributed by atoms with E-state index in [0.717, 1.165) is 44.2 Å². The van der Waals surface area contributed by atoms with Gasteiger partial charge in [0.1, 0.15) is 5.82 Å². The topological polar surface area (TPSA) is 93.4 Å². The highest BCUT2D eigenvalue weighted by Crippen LogP contribution is 2.38. The highest BCUT2D eigenvalue weighted by Gasteiger charge is 2.28. The quantitative estimate of drug-likeness (QED) is 0.578. The number of halogens is 1. The highest BCUT2D eigenvalue weighted by molar-refractivity contribution is 6.12. The molecule has 1 aliphatic heterocycles. The Bertz CT molecular complexity index is 1190. The van der Waals surface area contributed by atoms with Gasteiger partial charge in [0.15, 0.2) is 0 Å². The summed E-state index contributed by atoms with van der Waals surface area (Å²) in [6.07, 6.45) is 9.95. The zero-order valence-corrected chi connectivity index (χ0v) is 19.3.